The highest BCUT2D eigenvalue weighted by molar-refractivity contribution is 6.30. The van der Waals surface area contributed by atoms with E-state index in [1.165, 1.54) is 17.7 Å². The van der Waals surface area contributed by atoms with Crippen molar-refractivity contribution in [1.29, 1.82) is 0 Å². The minimum atomic E-state index is -1.24. The lowest BCUT2D eigenvalue weighted by atomic mass is 10.1. The van der Waals surface area contributed by atoms with Crippen molar-refractivity contribution in [3.63, 3.8) is 0 Å². The number of halogens is 1. The smallest absolute Gasteiger partial charge is 0.341 e. The maximum Gasteiger partial charge on any atom is 0.341 e. The summed E-state index contributed by atoms with van der Waals surface area (Å²) in [5.41, 5.74) is 2.11. The molecule has 186 valence electrons. The number of aliphatic carboxylic acids is 1. The fourth-order valence-corrected chi connectivity index (χ4v) is 3.64. The standard InChI is InChI=1S/C21H18ClNO6.C5H5NO/c1-12-16(10-20(26)29-11-19(24)25)17-9-15(28-2)7-8-18(17)23(12)21(27)13-3-5-14(22)6-4-13;7-5-3-1-2-4-6-5/h3-9H,10-11H2,1-2H3,(H,24,25);1-4H,(H,6,7). The first kappa shape index (κ1) is 26.2. The van der Waals surface area contributed by atoms with Gasteiger partial charge >= 0.3 is 11.9 Å². The molecule has 0 aliphatic rings. The van der Waals surface area contributed by atoms with Crippen LogP contribution in [0.25, 0.3) is 10.9 Å². The fourth-order valence-electron chi connectivity index (χ4n) is 3.51. The number of H-pyrrole nitrogens is 1. The van der Waals surface area contributed by atoms with Crippen LogP contribution in [-0.2, 0) is 20.7 Å². The highest BCUT2D eigenvalue weighted by Crippen LogP contribution is 2.31. The van der Waals surface area contributed by atoms with Gasteiger partial charge in [0, 0.05) is 33.9 Å². The van der Waals surface area contributed by atoms with Crippen molar-refractivity contribution in [3.05, 3.63) is 99.1 Å². The lowest BCUT2D eigenvalue weighted by Crippen LogP contribution is -2.16. The average molecular weight is 511 g/mol. The van der Waals surface area contributed by atoms with Crippen LogP contribution in [0, 0.1) is 6.92 Å². The quantitative estimate of drug-likeness (QED) is 0.377. The van der Waals surface area contributed by atoms with Crippen molar-refractivity contribution in [1.82, 2.24) is 9.55 Å². The first-order chi connectivity index (χ1) is 17.2. The lowest BCUT2D eigenvalue weighted by Gasteiger charge is -2.08. The summed E-state index contributed by atoms with van der Waals surface area (Å²) in [7, 11) is 1.52. The summed E-state index contributed by atoms with van der Waals surface area (Å²) in [4.78, 5) is 48.6. The number of esters is 1. The minimum Gasteiger partial charge on any atom is -0.497 e. The molecule has 2 N–H and O–H groups in total. The Morgan fingerprint density at radius 1 is 1.06 bits per heavy atom. The normalized spacial score (nSPS) is 10.3. The molecule has 2 heterocycles. The number of pyridine rings is 1. The van der Waals surface area contributed by atoms with Gasteiger partial charge in [-0.05, 0) is 61.0 Å². The van der Waals surface area contributed by atoms with Gasteiger partial charge in [-0.15, -0.1) is 0 Å². The molecule has 0 amide bonds. The average Bonchev–Trinajstić information content (AvgIpc) is 3.14. The molecule has 0 aliphatic heterocycles. The molecule has 0 aliphatic carbocycles. The van der Waals surface area contributed by atoms with Crippen LogP contribution in [0.3, 0.4) is 0 Å². The van der Waals surface area contributed by atoms with Crippen LogP contribution >= 0.6 is 11.6 Å². The van der Waals surface area contributed by atoms with Crippen LogP contribution in [0.1, 0.15) is 21.6 Å². The molecule has 2 aromatic heterocycles. The van der Waals surface area contributed by atoms with Crippen LogP contribution in [0.15, 0.2) is 71.7 Å². The van der Waals surface area contributed by atoms with Gasteiger partial charge in [0.05, 0.1) is 19.0 Å². The Hall–Kier alpha value is -4.37. The molecule has 0 saturated heterocycles. The van der Waals surface area contributed by atoms with Gasteiger partial charge in [0.1, 0.15) is 5.75 Å². The number of aromatic nitrogens is 2. The van der Waals surface area contributed by atoms with Gasteiger partial charge in [0.25, 0.3) is 5.91 Å². The summed E-state index contributed by atoms with van der Waals surface area (Å²) < 4.78 is 11.5. The van der Waals surface area contributed by atoms with Crippen molar-refractivity contribution in [3.8, 4) is 5.75 Å². The summed E-state index contributed by atoms with van der Waals surface area (Å²) in [6.07, 6.45) is 1.42. The zero-order valence-electron chi connectivity index (χ0n) is 19.5. The predicted octanol–water partition coefficient (Wildman–Crippen LogP) is 3.85. The van der Waals surface area contributed by atoms with E-state index >= 15 is 0 Å². The van der Waals surface area contributed by atoms with Gasteiger partial charge in [-0.25, -0.2) is 4.79 Å². The Morgan fingerprint density at radius 2 is 1.78 bits per heavy atom. The summed E-state index contributed by atoms with van der Waals surface area (Å²) in [6, 6.07) is 16.6. The van der Waals surface area contributed by atoms with Gasteiger partial charge in [-0.2, -0.15) is 0 Å². The molecule has 0 spiro atoms. The van der Waals surface area contributed by atoms with Crippen LogP contribution in [0.5, 0.6) is 5.75 Å². The largest absolute Gasteiger partial charge is 0.497 e. The van der Waals surface area contributed by atoms with E-state index in [2.05, 4.69) is 4.98 Å². The molecule has 0 bridgehead atoms. The second-order valence-corrected chi connectivity index (χ2v) is 7.99. The number of ether oxygens (including phenoxy) is 2. The third-order valence-electron chi connectivity index (χ3n) is 5.19. The van der Waals surface area contributed by atoms with E-state index in [4.69, 9.17) is 26.2 Å². The first-order valence-corrected chi connectivity index (χ1v) is 11.1. The highest BCUT2D eigenvalue weighted by Gasteiger charge is 2.22. The SMILES string of the molecule is COc1ccc2c(c1)c(CC(=O)OCC(=O)O)c(C)n2C(=O)c1ccc(Cl)cc1.O=c1cccc[nH]1. The molecule has 4 rings (SSSR count). The maximum atomic E-state index is 13.2. The molecule has 9 nitrogen and oxygen atoms in total. The van der Waals surface area contributed by atoms with E-state index in [1.54, 1.807) is 67.7 Å². The van der Waals surface area contributed by atoms with Gasteiger partial charge in [-0.1, -0.05) is 17.7 Å². The third kappa shape index (κ3) is 6.39. The zero-order chi connectivity index (χ0) is 26.2. The number of hydrogen-bond donors (Lipinski definition) is 2. The molecule has 0 saturated carbocycles. The number of nitrogens with one attached hydrogen (secondary N) is 1. The molecule has 36 heavy (non-hydrogen) atoms. The molecule has 10 heteroatoms. The number of hydrogen-bond acceptors (Lipinski definition) is 6. The first-order valence-electron chi connectivity index (χ1n) is 10.7. The summed E-state index contributed by atoms with van der Waals surface area (Å²) >= 11 is 5.91. The molecule has 0 fully saturated rings. The fraction of sp³-hybridized carbons (Fsp3) is 0.154. The van der Waals surface area contributed by atoms with Crippen molar-refractivity contribution in [2.75, 3.05) is 13.7 Å². The number of methoxy groups -OCH3 is 1. The maximum absolute atomic E-state index is 13.2. The van der Waals surface area contributed by atoms with Crippen LogP contribution in [0.4, 0.5) is 0 Å². The zero-order valence-corrected chi connectivity index (χ0v) is 20.2. The second-order valence-electron chi connectivity index (χ2n) is 7.55. The number of aromatic amines is 1. The van der Waals surface area contributed by atoms with Crippen LogP contribution in [-0.4, -0.2) is 46.2 Å². The van der Waals surface area contributed by atoms with Crippen molar-refractivity contribution < 1.29 is 29.0 Å². The predicted molar refractivity (Wildman–Crippen MR) is 134 cm³/mol. The number of rotatable bonds is 6. The summed E-state index contributed by atoms with van der Waals surface area (Å²) in [6.45, 7) is 1.00. The van der Waals surface area contributed by atoms with Gasteiger partial charge in [0.2, 0.25) is 5.56 Å². The topological polar surface area (TPSA) is 128 Å². The van der Waals surface area contributed by atoms with Crippen molar-refractivity contribution in [2.24, 2.45) is 0 Å². The second kappa shape index (κ2) is 11.9. The minimum absolute atomic E-state index is 0.0532. The Kier molecular flexibility index (Phi) is 8.64. The van der Waals surface area contributed by atoms with E-state index in [1.807, 2.05) is 0 Å². The van der Waals surface area contributed by atoms with Gasteiger partial charge in [-0.3, -0.25) is 19.0 Å². The number of carboxylic acids is 1. The number of carbonyl (C=O) groups excluding carboxylic acids is 2. The lowest BCUT2D eigenvalue weighted by molar-refractivity contribution is -0.154. The molecular formula is C26H23ClN2O7. The highest BCUT2D eigenvalue weighted by atomic mass is 35.5. The Labute approximate surface area is 210 Å². The molecule has 2 aromatic carbocycles. The molecular weight excluding hydrogens is 488 g/mol. The van der Waals surface area contributed by atoms with E-state index in [-0.39, 0.29) is 17.9 Å². The van der Waals surface area contributed by atoms with E-state index < -0.39 is 18.5 Å². The number of carbonyl (C=O) groups is 3. The van der Waals surface area contributed by atoms with E-state index in [9.17, 15) is 19.2 Å². The Bertz CT molecular complexity index is 1440. The Balaban J connectivity index is 0.000000444. The number of benzene rings is 2. The number of nitrogens with zero attached hydrogens (tertiary/aromatic N) is 1. The monoisotopic (exact) mass is 510 g/mol. The van der Waals surface area contributed by atoms with Gasteiger partial charge < -0.3 is 19.6 Å². The Morgan fingerprint density at radius 3 is 2.33 bits per heavy atom. The van der Waals surface area contributed by atoms with Crippen molar-refractivity contribution in [2.45, 2.75) is 13.3 Å². The van der Waals surface area contributed by atoms with Crippen molar-refractivity contribution >= 4 is 40.3 Å². The van der Waals surface area contributed by atoms with Gasteiger partial charge in [0.15, 0.2) is 6.61 Å². The summed E-state index contributed by atoms with van der Waals surface area (Å²) in [5, 5.41) is 9.86. The van der Waals surface area contributed by atoms with Crippen LogP contribution < -0.4 is 10.3 Å². The van der Waals surface area contributed by atoms with E-state index in [0.29, 0.717) is 38.5 Å². The molecule has 4 aromatic rings. The molecule has 0 unspecified atom stereocenters. The number of carboxylic acid groups (broad SMARTS) is 1. The number of fused-ring (bicyclic) bond motifs is 1. The van der Waals surface area contributed by atoms with Crippen LogP contribution in [0.2, 0.25) is 5.02 Å². The molecule has 0 atom stereocenters. The summed E-state index contributed by atoms with van der Waals surface area (Å²) in [5.74, 6) is -1.65. The molecule has 0 radical (unpaired) electrons. The third-order valence-corrected chi connectivity index (χ3v) is 5.45. The van der Waals surface area contributed by atoms with E-state index in [0.717, 1.165) is 0 Å².